The lowest BCUT2D eigenvalue weighted by atomic mass is 9.90. The van der Waals surface area contributed by atoms with Crippen LogP contribution in [0.2, 0.25) is 5.02 Å². The summed E-state index contributed by atoms with van der Waals surface area (Å²) in [6.45, 7) is 1.95. The van der Waals surface area contributed by atoms with Crippen molar-refractivity contribution in [3.8, 4) is 0 Å². The number of piperidine rings is 1. The number of nitrogens with one attached hydrogen (secondary N) is 1. The maximum Gasteiger partial charge on any atom is 0.264 e. The van der Waals surface area contributed by atoms with E-state index in [9.17, 15) is 8.78 Å². The molecule has 1 unspecified atom stereocenters. The lowest BCUT2D eigenvalue weighted by molar-refractivity contribution is 0.149. The second kappa shape index (κ2) is 5.78. The van der Waals surface area contributed by atoms with Gasteiger partial charge in [0.25, 0.3) is 6.43 Å². The van der Waals surface area contributed by atoms with Crippen molar-refractivity contribution in [3.05, 3.63) is 34.3 Å². The highest BCUT2D eigenvalue weighted by molar-refractivity contribution is 6.30. The highest BCUT2D eigenvalue weighted by Crippen LogP contribution is 2.28. The van der Waals surface area contributed by atoms with E-state index in [-0.39, 0.29) is 5.56 Å². The molecule has 1 atom stereocenters. The zero-order valence-electron chi connectivity index (χ0n) is 9.56. The molecule has 0 radical (unpaired) electrons. The van der Waals surface area contributed by atoms with E-state index in [1.807, 2.05) is 0 Å². The first-order valence-electron chi connectivity index (χ1n) is 5.94. The van der Waals surface area contributed by atoms with E-state index in [2.05, 4.69) is 5.32 Å². The van der Waals surface area contributed by atoms with Crippen molar-refractivity contribution in [2.75, 3.05) is 13.1 Å². The van der Waals surface area contributed by atoms with Gasteiger partial charge in [0.15, 0.2) is 0 Å². The molecule has 2 rings (SSSR count). The van der Waals surface area contributed by atoms with Crippen LogP contribution in [0.5, 0.6) is 0 Å². The normalized spacial score (nSPS) is 20.8. The van der Waals surface area contributed by atoms with Crippen LogP contribution in [0.1, 0.15) is 30.4 Å². The second-order valence-electron chi connectivity index (χ2n) is 4.56. The van der Waals surface area contributed by atoms with E-state index >= 15 is 0 Å². The van der Waals surface area contributed by atoms with Gasteiger partial charge in [-0.2, -0.15) is 0 Å². The summed E-state index contributed by atoms with van der Waals surface area (Å²) in [6, 6.07) is 4.65. The Balaban J connectivity index is 2.14. The summed E-state index contributed by atoms with van der Waals surface area (Å²) >= 11 is 5.88. The Bertz CT molecular complexity index is 376. The fourth-order valence-corrected chi connectivity index (χ4v) is 2.57. The first-order chi connectivity index (χ1) is 8.16. The van der Waals surface area contributed by atoms with Crippen LogP contribution in [0.3, 0.4) is 0 Å². The number of hydrogen-bond donors (Lipinski definition) is 1. The van der Waals surface area contributed by atoms with Gasteiger partial charge in [-0.25, -0.2) is 8.78 Å². The number of alkyl halides is 2. The van der Waals surface area contributed by atoms with Crippen molar-refractivity contribution in [1.29, 1.82) is 0 Å². The highest BCUT2D eigenvalue weighted by atomic mass is 35.5. The summed E-state index contributed by atoms with van der Waals surface area (Å²) in [4.78, 5) is 0. The second-order valence-corrected chi connectivity index (χ2v) is 5.00. The molecule has 0 spiro atoms. The molecule has 1 fully saturated rings. The fourth-order valence-electron chi connectivity index (χ4n) is 2.37. The molecule has 1 saturated heterocycles. The van der Waals surface area contributed by atoms with Crippen LogP contribution >= 0.6 is 11.6 Å². The van der Waals surface area contributed by atoms with Gasteiger partial charge in [0.05, 0.1) is 0 Å². The lowest BCUT2D eigenvalue weighted by Gasteiger charge is -2.23. The molecule has 4 heteroatoms. The van der Waals surface area contributed by atoms with E-state index in [0.717, 1.165) is 25.9 Å². The first-order valence-corrected chi connectivity index (χ1v) is 6.32. The largest absolute Gasteiger partial charge is 0.316 e. The number of benzene rings is 1. The molecule has 0 amide bonds. The van der Waals surface area contributed by atoms with E-state index in [1.54, 1.807) is 6.07 Å². The summed E-state index contributed by atoms with van der Waals surface area (Å²) < 4.78 is 25.7. The molecule has 0 saturated carbocycles. The van der Waals surface area contributed by atoms with Gasteiger partial charge in [-0.3, -0.25) is 0 Å². The third-order valence-corrected chi connectivity index (χ3v) is 3.48. The predicted octanol–water partition coefficient (Wildman–Crippen LogP) is 3.82. The van der Waals surface area contributed by atoms with Gasteiger partial charge in [-0.1, -0.05) is 17.7 Å². The maximum absolute atomic E-state index is 12.9. The lowest BCUT2D eigenvalue weighted by Crippen LogP contribution is -2.31. The summed E-state index contributed by atoms with van der Waals surface area (Å²) in [5.41, 5.74) is 0.821. The van der Waals surface area contributed by atoms with Gasteiger partial charge < -0.3 is 5.32 Å². The Kier molecular flexibility index (Phi) is 4.35. The van der Waals surface area contributed by atoms with E-state index in [0.29, 0.717) is 22.9 Å². The molecule has 1 aliphatic rings. The minimum Gasteiger partial charge on any atom is -0.316 e. The van der Waals surface area contributed by atoms with Crippen LogP contribution < -0.4 is 5.32 Å². The maximum atomic E-state index is 12.9. The van der Waals surface area contributed by atoms with Crippen LogP contribution in [-0.2, 0) is 6.42 Å². The van der Waals surface area contributed by atoms with Crippen LogP contribution in [0.4, 0.5) is 8.78 Å². The third kappa shape index (κ3) is 3.39. The Hall–Kier alpha value is -0.670. The average Bonchev–Trinajstić information content (AvgIpc) is 2.30. The molecular weight excluding hydrogens is 244 g/mol. The van der Waals surface area contributed by atoms with Crippen molar-refractivity contribution in [3.63, 3.8) is 0 Å². The van der Waals surface area contributed by atoms with Crippen molar-refractivity contribution in [1.82, 2.24) is 5.32 Å². The molecule has 0 bridgehead atoms. The molecule has 0 aliphatic carbocycles. The van der Waals surface area contributed by atoms with Crippen molar-refractivity contribution in [2.45, 2.75) is 25.7 Å². The van der Waals surface area contributed by atoms with Crippen LogP contribution in [0, 0.1) is 5.92 Å². The number of hydrogen-bond acceptors (Lipinski definition) is 1. The zero-order chi connectivity index (χ0) is 12.3. The van der Waals surface area contributed by atoms with Gasteiger partial charge in [0.2, 0.25) is 0 Å². The molecule has 1 aromatic carbocycles. The van der Waals surface area contributed by atoms with Crippen LogP contribution in [-0.4, -0.2) is 13.1 Å². The number of rotatable bonds is 3. The van der Waals surface area contributed by atoms with Crippen molar-refractivity contribution < 1.29 is 8.78 Å². The molecule has 1 aromatic rings. The quantitative estimate of drug-likeness (QED) is 0.870. The Labute approximate surface area is 105 Å². The molecular formula is C13H16ClF2N. The minimum atomic E-state index is -2.42. The zero-order valence-corrected chi connectivity index (χ0v) is 10.3. The van der Waals surface area contributed by atoms with Gasteiger partial charge in [0, 0.05) is 10.6 Å². The van der Waals surface area contributed by atoms with Crippen LogP contribution in [0.15, 0.2) is 18.2 Å². The van der Waals surface area contributed by atoms with E-state index < -0.39 is 6.43 Å². The van der Waals surface area contributed by atoms with E-state index in [1.165, 1.54) is 12.1 Å². The van der Waals surface area contributed by atoms with E-state index in [4.69, 9.17) is 11.6 Å². The molecule has 1 aliphatic heterocycles. The molecule has 17 heavy (non-hydrogen) atoms. The van der Waals surface area contributed by atoms with Crippen molar-refractivity contribution >= 4 is 11.6 Å². The van der Waals surface area contributed by atoms with Gasteiger partial charge >= 0.3 is 0 Å². The summed E-state index contributed by atoms with van der Waals surface area (Å²) in [6.07, 6.45) is 0.490. The van der Waals surface area contributed by atoms with Gasteiger partial charge in [-0.15, -0.1) is 0 Å². The molecule has 0 aromatic heterocycles. The monoisotopic (exact) mass is 259 g/mol. The summed E-state index contributed by atoms with van der Waals surface area (Å²) in [5, 5.41) is 3.83. The number of halogens is 3. The summed E-state index contributed by atoms with van der Waals surface area (Å²) in [5.74, 6) is 0.444. The average molecular weight is 260 g/mol. The SMILES string of the molecule is FC(F)c1ccc(Cl)cc1CC1CCCNC1. The standard InChI is InChI=1S/C13H16ClF2N/c14-11-3-4-12(13(15)16)10(7-11)6-9-2-1-5-17-8-9/h3-4,7,9,13,17H,1-2,5-6,8H2. The summed E-state index contributed by atoms with van der Waals surface area (Å²) in [7, 11) is 0. The third-order valence-electron chi connectivity index (χ3n) is 3.25. The Morgan fingerprint density at radius 1 is 1.41 bits per heavy atom. The predicted molar refractivity (Wildman–Crippen MR) is 65.7 cm³/mol. The fraction of sp³-hybridized carbons (Fsp3) is 0.538. The van der Waals surface area contributed by atoms with Gasteiger partial charge in [0.1, 0.15) is 0 Å². The molecule has 94 valence electrons. The highest BCUT2D eigenvalue weighted by Gasteiger charge is 2.18. The molecule has 1 heterocycles. The molecule has 1 N–H and O–H groups in total. The topological polar surface area (TPSA) is 12.0 Å². The molecule has 1 nitrogen and oxygen atoms in total. The van der Waals surface area contributed by atoms with Crippen LogP contribution in [0.25, 0.3) is 0 Å². The Morgan fingerprint density at radius 3 is 2.88 bits per heavy atom. The van der Waals surface area contributed by atoms with Crippen molar-refractivity contribution in [2.24, 2.45) is 5.92 Å². The van der Waals surface area contributed by atoms with Gasteiger partial charge in [-0.05, 0) is 56.0 Å². The smallest absolute Gasteiger partial charge is 0.264 e. The first kappa shape index (κ1) is 12.8. The minimum absolute atomic E-state index is 0.125. The Morgan fingerprint density at radius 2 is 2.24 bits per heavy atom.